The summed E-state index contributed by atoms with van der Waals surface area (Å²) in [6, 6.07) is 0. The van der Waals surface area contributed by atoms with Crippen LogP contribution < -0.4 is 0 Å². The molecule has 0 aromatic heterocycles. The second-order valence-electron chi connectivity index (χ2n) is 1.63. The molecule has 0 nitrogen and oxygen atoms in total. The Hall–Kier alpha value is 0.532. The molecular weight excluding hydrogens is 75.0 g/mol. The van der Waals surface area contributed by atoms with Crippen LogP contribution in [0.2, 0.25) is 5.28 Å². The summed E-state index contributed by atoms with van der Waals surface area (Å²) in [5.74, 6) is 0.847. The molecule has 0 aliphatic carbocycles. The van der Waals surface area contributed by atoms with E-state index in [-0.39, 0.29) is 0 Å². The van der Waals surface area contributed by atoms with E-state index >= 15 is 0 Å². The first-order valence-electron chi connectivity index (χ1n) is 1.97. The summed E-state index contributed by atoms with van der Waals surface area (Å²) in [5, 5.41) is 1.22. The summed E-state index contributed by atoms with van der Waals surface area (Å²) in [6.07, 6.45) is 0. The quantitative estimate of drug-likeness (QED) is 0.419. The van der Waals surface area contributed by atoms with Crippen molar-refractivity contribution in [1.82, 2.24) is 0 Å². The SMILES string of the molecule is CC(C)[CH2][Al+2]. The second kappa shape index (κ2) is 2.75. The fourth-order valence-electron chi connectivity index (χ4n) is 0. The van der Waals surface area contributed by atoms with E-state index in [0.29, 0.717) is 0 Å². The minimum atomic E-state index is 0.847. The zero-order valence-electron chi connectivity index (χ0n) is 3.86. The Morgan fingerprint density at radius 3 is 1.80 bits per heavy atom. The van der Waals surface area contributed by atoms with Crippen LogP contribution in [0, 0.1) is 5.92 Å². The Kier molecular flexibility index (Phi) is 3.05. The number of rotatable bonds is 1. The van der Waals surface area contributed by atoms with Gasteiger partial charge in [0.05, 0.1) is 0 Å². The Morgan fingerprint density at radius 1 is 1.60 bits per heavy atom. The van der Waals surface area contributed by atoms with E-state index in [0.717, 1.165) is 5.92 Å². The third kappa shape index (κ3) is 4.53. The van der Waals surface area contributed by atoms with Crippen molar-refractivity contribution in [3.05, 3.63) is 0 Å². The average Bonchev–Trinajstić information content (AvgIpc) is 1.38. The Balaban J connectivity index is 2.54. The van der Waals surface area contributed by atoms with Crippen LogP contribution in [0.3, 0.4) is 0 Å². The minimum absolute atomic E-state index is 0.847. The summed E-state index contributed by atoms with van der Waals surface area (Å²) in [4.78, 5) is 0. The molecule has 0 heterocycles. The van der Waals surface area contributed by atoms with Crippen LogP contribution in [0.5, 0.6) is 0 Å². The van der Waals surface area contributed by atoms with Crippen molar-refractivity contribution in [2.24, 2.45) is 5.92 Å². The van der Waals surface area contributed by atoms with Gasteiger partial charge in [0.1, 0.15) is 0 Å². The third-order valence-electron chi connectivity index (χ3n) is 0.471. The monoisotopic (exact) mass is 84.1 g/mol. The summed E-state index contributed by atoms with van der Waals surface area (Å²) in [6.45, 7) is 4.40. The van der Waals surface area contributed by atoms with E-state index in [2.05, 4.69) is 30.1 Å². The molecule has 0 radical (unpaired) electrons. The summed E-state index contributed by atoms with van der Waals surface area (Å²) >= 11 is 2.69. The van der Waals surface area contributed by atoms with Gasteiger partial charge >= 0.3 is 41.3 Å². The van der Waals surface area contributed by atoms with E-state index in [1.165, 1.54) is 5.28 Å². The predicted octanol–water partition coefficient (Wildman–Crippen LogP) is 1.23. The van der Waals surface area contributed by atoms with Gasteiger partial charge in [0.15, 0.2) is 0 Å². The molecule has 0 aliphatic rings. The topological polar surface area (TPSA) is 0 Å². The van der Waals surface area contributed by atoms with Crippen LogP contribution in [-0.4, -0.2) is 16.3 Å². The van der Waals surface area contributed by atoms with Gasteiger partial charge in [-0.3, -0.25) is 0 Å². The van der Waals surface area contributed by atoms with Crippen molar-refractivity contribution < 1.29 is 0 Å². The molecule has 0 amide bonds. The molecule has 0 atom stereocenters. The first-order chi connectivity index (χ1) is 2.27. The van der Waals surface area contributed by atoms with Crippen LogP contribution in [0.1, 0.15) is 13.8 Å². The fraction of sp³-hybridized carbons (Fsp3) is 1.00. The maximum atomic E-state index is 2.69. The second-order valence-corrected chi connectivity index (χ2v) is 2.10. The number of hydrogen-bond acceptors (Lipinski definition) is 0. The molecule has 0 bridgehead atoms. The van der Waals surface area contributed by atoms with Gasteiger partial charge in [-0.2, -0.15) is 0 Å². The van der Waals surface area contributed by atoms with Gasteiger partial charge in [-0.25, -0.2) is 0 Å². The van der Waals surface area contributed by atoms with Crippen molar-refractivity contribution in [3.8, 4) is 0 Å². The molecule has 0 N–H and O–H groups in total. The zero-order chi connectivity index (χ0) is 4.28. The molecule has 26 valence electrons. The molecule has 5 heavy (non-hydrogen) atoms. The van der Waals surface area contributed by atoms with E-state index < -0.39 is 0 Å². The molecule has 0 spiro atoms. The Bertz CT molecular complexity index is 17.6. The first kappa shape index (κ1) is 5.53. The molecule has 0 unspecified atom stereocenters. The van der Waals surface area contributed by atoms with Gasteiger partial charge < -0.3 is 0 Å². The number of hydrogen-bond donors (Lipinski definition) is 0. The third-order valence-corrected chi connectivity index (χ3v) is 1.41. The van der Waals surface area contributed by atoms with Crippen LogP contribution in [0.25, 0.3) is 0 Å². The molecule has 0 rings (SSSR count). The Labute approximate surface area is 42.0 Å². The van der Waals surface area contributed by atoms with Crippen LogP contribution >= 0.6 is 0 Å². The summed E-state index contributed by atoms with van der Waals surface area (Å²) < 4.78 is 0. The van der Waals surface area contributed by atoms with Gasteiger partial charge in [0, 0.05) is 0 Å². The summed E-state index contributed by atoms with van der Waals surface area (Å²) in [7, 11) is 0. The van der Waals surface area contributed by atoms with Crippen LogP contribution in [0.4, 0.5) is 0 Å². The van der Waals surface area contributed by atoms with Crippen molar-refractivity contribution in [1.29, 1.82) is 0 Å². The molecular formula is C4H9Al+2. The molecule has 0 saturated carbocycles. The first-order valence-corrected chi connectivity index (χ1v) is 2.79. The molecule has 0 aromatic rings. The Morgan fingerprint density at radius 2 is 1.80 bits per heavy atom. The van der Waals surface area contributed by atoms with Crippen LogP contribution in [-0.2, 0) is 0 Å². The van der Waals surface area contributed by atoms with Crippen LogP contribution in [0.15, 0.2) is 0 Å². The average molecular weight is 84.1 g/mol. The molecule has 0 aliphatic heterocycles. The van der Waals surface area contributed by atoms with E-state index in [1.54, 1.807) is 0 Å². The standard InChI is InChI=1S/C4H9.Al/c1-4(2)3;/h4H,1H2,2-3H3;/q;+2. The van der Waals surface area contributed by atoms with E-state index in [9.17, 15) is 0 Å². The van der Waals surface area contributed by atoms with Gasteiger partial charge in [-0.1, -0.05) is 0 Å². The summed E-state index contributed by atoms with van der Waals surface area (Å²) in [5.41, 5.74) is 0. The molecule has 0 aromatic carbocycles. The maximum absolute atomic E-state index is 2.69. The van der Waals surface area contributed by atoms with Crippen molar-refractivity contribution in [2.75, 3.05) is 0 Å². The zero-order valence-corrected chi connectivity index (χ0v) is 5.02. The van der Waals surface area contributed by atoms with Crippen molar-refractivity contribution >= 4 is 16.3 Å². The normalized spacial score (nSPS) is 9.80. The molecule has 0 saturated heterocycles. The van der Waals surface area contributed by atoms with Gasteiger partial charge in [0.2, 0.25) is 0 Å². The van der Waals surface area contributed by atoms with Crippen molar-refractivity contribution in [2.45, 2.75) is 19.1 Å². The van der Waals surface area contributed by atoms with Crippen molar-refractivity contribution in [3.63, 3.8) is 0 Å². The van der Waals surface area contributed by atoms with Gasteiger partial charge in [-0.05, 0) is 0 Å². The van der Waals surface area contributed by atoms with E-state index in [1.807, 2.05) is 0 Å². The predicted molar refractivity (Wildman–Crippen MR) is 25.4 cm³/mol. The van der Waals surface area contributed by atoms with Gasteiger partial charge in [-0.15, -0.1) is 0 Å². The molecule has 0 fully saturated rings. The van der Waals surface area contributed by atoms with Gasteiger partial charge in [0.25, 0.3) is 0 Å². The van der Waals surface area contributed by atoms with E-state index in [4.69, 9.17) is 0 Å². The molecule has 1 heteroatoms. The fourth-order valence-corrected chi connectivity index (χ4v) is 0.